The summed E-state index contributed by atoms with van der Waals surface area (Å²) >= 11 is 0. The van der Waals surface area contributed by atoms with E-state index in [-0.39, 0.29) is 5.41 Å². The van der Waals surface area contributed by atoms with Gasteiger partial charge in [0.05, 0.1) is 11.0 Å². The van der Waals surface area contributed by atoms with Crippen molar-refractivity contribution in [1.82, 2.24) is 9.55 Å². The molecule has 1 heterocycles. The van der Waals surface area contributed by atoms with Crippen LogP contribution in [-0.4, -0.2) is 9.55 Å². The zero-order valence-electron chi connectivity index (χ0n) is 12.5. The first-order chi connectivity index (χ1) is 8.92. The van der Waals surface area contributed by atoms with Crippen LogP contribution in [0.1, 0.15) is 45.0 Å². The number of hydrogen-bond donors (Lipinski definition) is 0. The van der Waals surface area contributed by atoms with Gasteiger partial charge in [-0.15, -0.1) is 0 Å². The first-order valence-corrected chi connectivity index (χ1v) is 7.38. The summed E-state index contributed by atoms with van der Waals surface area (Å²) in [4.78, 5) is 4.90. The number of imidazole rings is 1. The van der Waals surface area contributed by atoms with Crippen LogP contribution in [0.15, 0.2) is 18.2 Å². The third-order valence-electron chi connectivity index (χ3n) is 3.81. The van der Waals surface area contributed by atoms with E-state index in [9.17, 15) is 0 Å². The lowest BCUT2D eigenvalue weighted by atomic mass is 9.92. The monoisotopic (exact) mass is 256 g/mol. The van der Waals surface area contributed by atoms with Crippen molar-refractivity contribution in [2.75, 3.05) is 0 Å². The van der Waals surface area contributed by atoms with E-state index in [1.165, 1.54) is 35.3 Å². The Hall–Kier alpha value is -1.31. The maximum Gasteiger partial charge on any atom is 0.110 e. The van der Waals surface area contributed by atoms with Crippen LogP contribution in [0.2, 0.25) is 0 Å². The Morgan fingerprint density at radius 1 is 1.26 bits per heavy atom. The molecule has 0 saturated heterocycles. The lowest BCUT2D eigenvalue weighted by molar-refractivity contribution is 0.391. The molecule has 19 heavy (non-hydrogen) atoms. The van der Waals surface area contributed by atoms with Gasteiger partial charge in [-0.25, -0.2) is 4.98 Å². The van der Waals surface area contributed by atoms with E-state index in [4.69, 9.17) is 4.98 Å². The molecule has 0 amide bonds. The molecule has 1 aromatic carbocycles. The second-order valence-electron chi connectivity index (χ2n) is 7.31. The Balaban J connectivity index is 2.06. The minimum Gasteiger partial charge on any atom is -0.328 e. The molecule has 1 fully saturated rings. The van der Waals surface area contributed by atoms with Crippen molar-refractivity contribution in [3.63, 3.8) is 0 Å². The van der Waals surface area contributed by atoms with Crippen molar-refractivity contribution in [2.24, 2.45) is 11.3 Å². The van der Waals surface area contributed by atoms with E-state index in [0.717, 1.165) is 18.9 Å². The Labute approximate surface area is 115 Å². The van der Waals surface area contributed by atoms with E-state index in [1.807, 2.05) is 0 Å². The molecule has 3 rings (SSSR count). The average Bonchev–Trinajstić information content (AvgIpc) is 3.02. The molecular weight excluding hydrogens is 232 g/mol. The van der Waals surface area contributed by atoms with Crippen molar-refractivity contribution < 1.29 is 0 Å². The van der Waals surface area contributed by atoms with E-state index in [0.29, 0.717) is 0 Å². The molecule has 0 spiro atoms. The third-order valence-corrected chi connectivity index (χ3v) is 3.81. The summed E-state index contributed by atoms with van der Waals surface area (Å²) in [6.45, 7) is 10.2. The van der Waals surface area contributed by atoms with Gasteiger partial charge in [0.1, 0.15) is 5.82 Å². The summed E-state index contributed by atoms with van der Waals surface area (Å²) in [6.07, 6.45) is 3.83. The molecule has 2 aromatic rings. The molecule has 0 bridgehead atoms. The third kappa shape index (κ3) is 2.83. The Bertz CT molecular complexity index is 597. The van der Waals surface area contributed by atoms with Gasteiger partial charge < -0.3 is 4.57 Å². The number of nitrogens with zero attached hydrogens (tertiary/aromatic N) is 2. The van der Waals surface area contributed by atoms with Gasteiger partial charge in [-0.3, -0.25) is 0 Å². The molecule has 0 radical (unpaired) electrons. The van der Waals surface area contributed by atoms with Crippen LogP contribution in [0.5, 0.6) is 0 Å². The molecule has 1 aliphatic carbocycles. The second-order valence-corrected chi connectivity index (χ2v) is 7.31. The number of rotatable bonds is 3. The van der Waals surface area contributed by atoms with Gasteiger partial charge in [-0.1, -0.05) is 26.8 Å². The minimum absolute atomic E-state index is 0.289. The highest BCUT2D eigenvalue weighted by atomic mass is 15.1. The van der Waals surface area contributed by atoms with E-state index >= 15 is 0 Å². The molecule has 2 heteroatoms. The predicted octanol–water partition coefficient (Wildman–Crippen LogP) is 4.34. The first-order valence-electron chi connectivity index (χ1n) is 7.38. The molecule has 1 aromatic heterocycles. The number of fused-ring (bicyclic) bond motifs is 1. The molecular formula is C17H24N2. The quantitative estimate of drug-likeness (QED) is 0.798. The normalized spacial score (nSPS) is 16.2. The van der Waals surface area contributed by atoms with Crippen LogP contribution >= 0.6 is 0 Å². The van der Waals surface area contributed by atoms with Crippen LogP contribution in [0, 0.1) is 18.3 Å². The van der Waals surface area contributed by atoms with Crippen LogP contribution in [-0.2, 0) is 13.0 Å². The fourth-order valence-electron chi connectivity index (χ4n) is 2.66. The van der Waals surface area contributed by atoms with E-state index in [2.05, 4.69) is 50.5 Å². The average molecular weight is 256 g/mol. The Kier molecular flexibility index (Phi) is 2.92. The highest BCUT2D eigenvalue weighted by Crippen LogP contribution is 2.33. The van der Waals surface area contributed by atoms with Gasteiger partial charge >= 0.3 is 0 Å². The van der Waals surface area contributed by atoms with Crippen molar-refractivity contribution in [3.05, 3.63) is 29.6 Å². The fourth-order valence-corrected chi connectivity index (χ4v) is 2.66. The number of benzene rings is 1. The summed E-state index contributed by atoms with van der Waals surface area (Å²) in [7, 11) is 0. The van der Waals surface area contributed by atoms with Gasteiger partial charge in [0.25, 0.3) is 0 Å². The number of aromatic nitrogens is 2. The zero-order chi connectivity index (χ0) is 13.6. The maximum atomic E-state index is 4.90. The standard InChI is InChI=1S/C17H24N2/c1-12-5-8-15-14(9-12)18-16(10-17(2,3)4)19(15)11-13-6-7-13/h5,8-9,13H,6-7,10-11H2,1-4H3. The molecule has 1 saturated carbocycles. The Morgan fingerprint density at radius 3 is 2.63 bits per heavy atom. The van der Waals surface area contributed by atoms with E-state index < -0.39 is 0 Å². The molecule has 0 aliphatic heterocycles. The molecule has 0 atom stereocenters. The highest BCUT2D eigenvalue weighted by molar-refractivity contribution is 5.77. The van der Waals surface area contributed by atoms with E-state index in [1.54, 1.807) is 0 Å². The number of aryl methyl sites for hydroxylation is 1. The molecule has 2 nitrogen and oxygen atoms in total. The summed E-state index contributed by atoms with van der Waals surface area (Å²) < 4.78 is 2.47. The lowest BCUT2D eigenvalue weighted by Gasteiger charge is -2.18. The van der Waals surface area contributed by atoms with Crippen molar-refractivity contribution in [3.8, 4) is 0 Å². The van der Waals surface area contributed by atoms with Crippen LogP contribution in [0.4, 0.5) is 0 Å². The van der Waals surface area contributed by atoms with Gasteiger partial charge in [-0.2, -0.15) is 0 Å². The minimum atomic E-state index is 0.289. The van der Waals surface area contributed by atoms with Crippen LogP contribution < -0.4 is 0 Å². The SMILES string of the molecule is Cc1ccc2c(c1)nc(CC(C)(C)C)n2CC1CC1. The van der Waals surface area contributed by atoms with Gasteiger partial charge in [-0.05, 0) is 48.8 Å². The summed E-state index contributed by atoms with van der Waals surface area (Å²) in [5, 5.41) is 0. The van der Waals surface area contributed by atoms with Crippen molar-refractivity contribution >= 4 is 11.0 Å². The second kappa shape index (κ2) is 4.36. The molecule has 102 valence electrons. The molecule has 0 unspecified atom stereocenters. The fraction of sp³-hybridized carbons (Fsp3) is 0.588. The predicted molar refractivity (Wildman–Crippen MR) is 80.4 cm³/mol. The van der Waals surface area contributed by atoms with Crippen molar-refractivity contribution in [2.45, 2.75) is 53.5 Å². The summed E-state index contributed by atoms with van der Waals surface area (Å²) in [6, 6.07) is 6.66. The van der Waals surface area contributed by atoms with Crippen molar-refractivity contribution in [1.29, 1.82) is 0 Å². The Morgan fingerprint density at radius 2 is 2.00 bits per heavy atom. The lowest BCUT2D eigenvalue weighted by Crippen LogP contribution is -2.15. The van der Waals surface area contributed by atoms with Gasteiger partial charge in [0.15, 0.2) is 0 Å². The molecule has 0 N–H and O–H groups in total. The smallest absolute Gasteiger partial charge is 0.110 e. The van der Waals surface area contributed by atoms with Crippen LogP contribution in [0.3, 0.4) is 0 Å². The maximum absolute atomic E-state index is 4.90. The largest absolute Gasteiger partial charge is 0.328 e. The van der Waals surface area contributed by atoms with Crippen LogP contribution in [0.25, 0.3) is 11.0 Å². The van der Waals surface area contributed by atoms with Gasteiger partial charge in [0.2, 0.25) is 0 Å². The van der Waals surface area contributed by atoms with Gasteiger partial charge in [0, 0.05) is 13.0 Å². The highest BCUT2D eigenvalue weighted by Gasteiger charge is 2.25. The topological polar surface area (TPSA) is 17.8 Å². The molecule has 1 aliphatic rings. The summed E-state index contributed by atoms with van der Waals surface area (Å²) in [5.74, 6) is 2.15. The zero-order valence-corrected chi connectivity index (χ0v) is 12.5. The first kappa shape index (κ1) is 12.7. The summed E-state index contributed by atoms with van der Waals surface area (Å²) in [5.41, 5.74) is 4.07. The number of hydrogen-bond acceptors (Lipinski definition) is 1.